The van der Waals surface area contributed by atoms with E-state index < -0.39 is 0 Å². The molecule has 0 bridgehead atoms. The summed E-state index contributed by atoms with van der Waals surface area (Å²) >= 11 is 3.17. The number of nitrogen functional groups attached to an aromatic ring is 1. The van der Waals surface area contributed by atoms with Gasteiger partial charge in [-0.2, -0.15) is 5.26 Å². The molecule has 1 atom stereocenters. The maximum absolute atomic E-state index is 11.6. The van der Waals surface area contributed by atoms with Gasteiger partial charge in [0.2, 0.25) is 0 Å². The zero-order chi connectivity index (χ0) is 10.7. The molecule has 1 unspecified atom stereocenters. The van der Waals surface area contributed by atoms with Crippen molar-refractivity contribution in [1.82, 2.24) is 0 Å². The molecule has 0 aliphatic carbocycles. The van der Waals surface area contributed by atoms with E-state index >= 15 is 0 Å². The van der Waals surface area contributed by atoms with Gasteiger partial charge in [0.05, 0.1) is 16.5 Å². The van der Waals surface area contributed by atoms with Crippen molar-refractivity contribution in [3.63, 3.8) is 0 Å². The quantitative estimate of drug-likeness (QED) is 0.498. The van der Waals surface area contributed by atoms with Gasteiger partial charge < -0.3 is 5.73 Å². The van der Waals surface area contributed by atoms with Crippen LogP contribution in [-0.2, 0) is 0 Å². The summed E-state index contributed by atoms with van der Waals surface area (Å²) in [6, 6.07) is 6.63. The van der Waals surface area contributed by atoms with E-state index in [-0.39, 0.29) is 10.6 Å². The molecule has 0 aliphatic heterocycles. The van der Waals surface area contributed by atoms with Crippen molar-refractivity contribution < 1.29 is 4.79 Å². The number of hydrogen-bond donors (Lipinski definition) is 1. The van der Waals surface area contributed by atoms with E-state index in [0.717, 1.165) is 0 Å². The molecule has 2 N–H and O–H groups in total. The Morgan fingerprint density at radius 2 is 2.29 bits per heavy atom. The number of anilines is 1. The molecule has 0 amide bonds. The average molecular weight is 253 g/mol. The van der Waals surface area contributed by atoms with Crippen LogP contribution < -0.4 is 5.73 Å². The van der Waals surface area contributed by atoms with Gasteiger partial charge in [0.15, 0.2) is 5.78 Å². The zero-order valence-electron chi connectivity index (χ0n) is 7.62. The summed E-state index contributed by atoms with van der Waals surface area (Å²) in [4.78, 5) is 11.3. The third-order valence-electron chi connectivity index (χ3n) is 1.81. The van der Waals surface area contributed by atoms with Crippen LogP contribution in [0.2, 0.25) is 0 Å². The predicted molar refractivity (Wildman–Crippen MR) is 58.3 cm³/mol. The summed E-state index contributed by atoms with van der Waals surface area (Å²) in [5.41, 5.74) is 6.87. The lowest BCUT2D eigenvalue weighted by Gasteiger charge is -2.06. The molecule has 0 aromatic heterocycles. The maximum atomic E-state index is 11.6. The highest BCUT2D eigenvalue weighted by Crippen LogP contribution is 2.18. The number of hydrogen-bond acceptors (Lipinski definition) is 3. The molecule has 0 saturated carbocycles. The number of alkyl halides is 1. The van der Waals surface area contributed by atoms with Gasteiger partial charge in [0, 0.05) is 11.3 Å². The van der Waals surface area contributed by atoms with Crippen LogP contribution in [0.4, 0.5) is 5.69 Å². The van der Waals surface area contributed by atoms with Gasteiger partial charge in [-0.15, -0.1) is 0 Å². The van der Waals surface area contributed by atoms with E-state index in [2.05, 4.69) is 15.9 Å². The lowest BCUT2D eigenvalue weighted by atomic mass is 10.0. The molecular weight excluding hydrogens is 244 g/mol. The smallest absolute Gasteiger partial charge is 0.178 e. The number of Topliss-reactive ketones (excluding diaryl/α,β-unsaturated/α-hetero) is 1. The Morgan fingerprint density at radius 3 is 2.79 bits per heavy atom. The molecule has 0 aliphatic rings. The average Bonchev–Trinajstić information content (AvgIpc) is 2.17. The van der Waals surface area contributed by atoms with Crippen LogP contribution in [0.15, 0.2) is 18.2 Å². The monoisotopic (exact) mass is 252 g/mol. The van der Waals surface area contributed by atoms with Crippen molar-refractivity contribution in [3.05, 3.63) is 29.3 Å². The molecule has 0 radical (unpaired) electrons. The minimum absolute atomic E-state index is 0.111. The first-order valence-corrected chi connectivity index (χ1v) is 4.95. The highest BCUT2D eigenvalue weighted by molar-refractivity contribution is 9.10. The molecular formula is C10H9BrN2O. The van der Waals surface area contributed by atoms with E-state index in [9.17, 15) is 4.79 Å². The third-order valence-corrected chi connectivity index (χ3v) is 2.22. The van der Waals surface area contributed by atoms with Gasteiger partial charge in [-0.25, -0.2) is 0 Å². The molecule has 0 saturated heterocycles. The number of carbonyl (C=O) groups excluding carboxylic acids is 1. The van der Waals surface area contributed by atoms with Crippen LogP contribution in [0.5, 0.6) is 0 Å². The van der Waals surface area contributed by atoms with Crippen molar-refractivity contribution in [3.8, 4) is 6.07 Å². The van der Waals surface area contributed by atoms with Crippen LogP contribution in [0.1, 0.15) is 22.8 Å². The van der Waals surface area contributed by atoms with Gasteiger partial charge in [0.1, 0.15) is 0 Å². The number of ketones is 1. The first kappa shape index (κ1) is 10.7. The van der Waals surface area contributed by atoms with Crippen LogP contribution in [-0.4, -0.2) is 10.6 Å². The Kier molecular flexibility index (Phi) is 3.26. The van der Waals surface area contributed by atoms with E-state index in [0.29, 0.717) is 16.8 Å². The molecule has 3 nitrogen and oxygen atoms in total. The second kappa shape index (κ2) is 4.25. The molecule has 0 fully saturated rings. The second-order valence-corrected chi connectivity index (χ2v) is 4.27. The largest absolute Gasteiger partial charge is 0.398 e. The summed E-state index contributed by atoms with van der Waals surface area (Å²) in [7, 11) is 0. The first-order valence-electron chi connectivity index (χ1n) is 4.04. The third kappa shape index (κ3) is 2.12. The van der Waals surface area contributed by atoms with Gasteiger partial charge >= 0.3 is 0 Å². The summed E-state index contributed by atoms with van der Waals surface area (Å²) < 4.78 is 0. The van der Waals surface area contributed by atoms with Crippen molar-refractivity contribution in [1.29, 1.82) is 5.26 Å². The minimum Gasteiger partial charge on any atom is -0.398 e. The van der Waals surface area contributed by atoms with Gasteiger partial charge in [-0.3, -0.25) is 4.79 Å². The lowest BCUT2D eigenvalue weighted by Crippen LogP contribution is -2.12. The minimum atomic E-state index is -0.293. The summed E-state index contributed by atoms with van der Waals surface area (Å²) in [6.07, 6.45) is 0. The van der Waals surface area contributed by atoms with E-state index in [4.69, 9.17) is 11.0 Å². The summed E-state index contributed by atoms with van der Waals surface area (Å²) in [6.45, 7) is 1.72. The number of carbonyl (C=O) groups is 1. The summed E-state index contributed by atoms with van der Waals surface area (Å²) in [5, 5.41) is 8.66. The second-order valence-electron chi connectivity index (χ2n) is 2.89. The Hall–Kier alpha value is -1.34. The molecule has 0 heterocycles. The Morgan fingerprint density at radius 1 is 1.64 bits per heavy atom. The predicted octanol–water partition coefficient (Wildman–Crippen LogP) is 2.11. The zero-order valence-corrected chi connectivity index (χ0v) is 9.21. The molecule has 14 heavy (non-hydrogen) atoms. The van der Waals surface area contributed by atoms with E-state index in [1.54, 1.807) is 19.1 Å². The van der Waals surface area contributed by atoms with Crippen LogP contribution >= 0.6 is 15.9 Å². The van der Waals surface area contributed by atoms with Crippen molar-refractivity contribution in [2.24, 2.45) is 0 Å². The Balaban J connectivity index is 3.21. The number of nitrogens with two attached hydrogens (primary N) is 1. The van der Waals surface area contributed by atoms with Gasteiger partial charge in [-0.05, 0) is 25.1 Å². The SMILES string of the molecule is CC(Br)C(=O)c1cc(C#N)ccc1N. The Labute approximate surface area is 90.7 Å². The number of halogens is 1. The number of rotatable bonds is 2. The van der Waals surface area contributed by atoms with Gasteiger partial charge in [-0.1, -0.05) is 15.9 Å². The number of benzene rings is 1. The van der Waals surface area contributed by atoms with Crippen molar-refractivity contribution >= 4 is 27.4 Å². The highest BCUT2D eigenvalue weighted by atomic mass is 79.9. The van der Waals surface area contributed by atoms with E-state index in [1.165, 1.54) is 6.07 Å². The van der Waals surface area contributed by atoms with Crippen LogP contribution in [0.25, 0.3) is 0 Å². The number of nitriles is 1. The molecule has 1 aromatic rings. The number of nitrogens with zero attached hydrogens (tertiary/aromatic N) is 1. The fraction of sp³-hybridized carbons (Fsp3) is 0.200. The van der Waals surface area contributed by atoms with Crippen LogP contribution in [0.3, 0.4) is 0 Å². The normalized spacial score (nSPS) is 11.8. The standard InChI is InChI=1S/C10H9BrN2O/c1-6(11)10(14)8-4-7(5-12)2-3-9(8)13/h2-4,6H,13H2,1H3. The fourth-order valence-corrected chi connectivity index (χ4v) is 1.30. The van der Waals surface area contributed by atoms with Gasteiger partial charge in [0.25, 0.3) is 0 Å². The summed E-state index contributed by atoms with van der Waals surface area (Å²) in [5.74, 6) is -0.111. The Bertz CT molecular complexity index is 407. The maximum Gasteiger partial charge on any atom is 0.178 e. The highest BCUT2D eigenvalue weighted by Gasteiger charge is 2.15. The first-order chi connectivity index (χ1) is 6.56. The fourth-order valence-electron chi connectivity index (χ4n) is 1.05. The molecule has 4 heteroatoms. The topological polar surface area (TPSA) is 66.9 Å². The molecule has 1 aromatic carbocycles. The molecule has 1 rings (SSSR count). The van der Waals surface area contributed by atoms with Crippen LogP contribution in [0, 0.1) is 11.3 Å². The van der Waals surface area contributed by atoms with E-state index in [1.807, 2.05) is 6.07 Å². The van der Waals surface area contributed by atoms with Crippen molar-refractivity contribution in [2.75, 3.05) is 5.73 Å². The molecule has 72 valence electrons. The lowest BCUT2D eigenvalue weighted by molar-refractivity contribution is 0.0996. The van der Waals surface area contributed by atoms with Crippen molar-refractivity contribution in [2.45, 2.75) is 11.8 Å². The molecule has 0 spiro atoms.